The van der Waals surface area contributed by atoms with Crippen LogP contribution in [0.1, 0.15) is 18.2 Å². The minimum Gasteiger partial charge on any atom is -0.147 e. The Balaban J connectivity index is 2.69. The number of thiophene rings is 1. The first-order valence-electron chi connectivity index (χ1n) is 3.06. The largest absolute Gasteiger partial charge is 0.147 e. The minimum absolute atomic E-state index is 0.932. The Morgan fingerprint density at radius 1 is 1.67 bits per heavy atom. The molecule has 0 bridgehead atoms. The minimum atomic E-state index is 0.932. The van der Waals surface area contributed by atoms with E-state index < -0.39 is 0 Å². The van der Waals surface area contributed by atoms with Crippen molar-refractivity contribution in [3.63, 3.8) is 0 Å². The predicted molar refractivity (Wildman–Crippen MR) is 43.3 cm³/mol. The van der Waals surface area contributed by atoms with Crippen LogP contribution in [0.25, 0.3) is 0 Å². The third-order valence-electron chi connectivity index (χ3n) is 1.17. The van der Waals surface area contributed by atoms with Gasteiger partial charge in [-0.1, -0.05) is 24.9 Å². The van der Waals surface area contributed by atoms with E-state index >= 15 is 0 Å². The molecule has 0 aromatic carbocycles. The maximum Gasteiger partial charge on any atom is 0.0544 e. The third kappa shape index (κ3) is 1.70. The third-order valence-corrected chi connectivity index (χ3v) is 2.61. The SMILES string of the molecule is CCCc1sccc1Cl. The number of halogens is 1. The Morgan fingerprint density at radius 2 is 2.44 bits per heavy atom. The normalized spacial score (nSPS) is 10.0. The highest BCUT2D eigenvalue weighted by molar-refractivity contribution is 7.10. The molecule has 0 atom stereocenters. The highest BCUT2D eigenvalue weighted by Crippen LogP contribution is 2.22. The van der Waals surface area contributed by atoms with Crippen LogP contribution in [0.15, 0.2) is 11.4 Å². The molecule has 0 saturated heterocycles. The van der Waals surface area contributed by atoms with Crippen molar-refractivity contribution >= 4 is 22.9 Å². The first kappa shape index (κ1) is 7.10. The molecule has 0 aliphatic carbocycles. The van der Waals surface area contributed by atoms with Gasteiger partial charge in [0.05, 0.1) is 5.02 Å². The Kier molecular flexibility index (Phi) is 2.55. The van der Waals surface area contributed by atoms with Gasteiger partial charge in [-0.05, 0) is 17.9 Å². The first-order valence-corrected chi connectivity index (χ1v) is 4.32. The topological polar surface area (TPSA) is 0 Å². The molecule has 0 fully saturated rings. The van der Waals surface area contributed by atoms with Crippen molar-refractivity contribution in [2.45, 2.75) is 19.8 Å². The quantitative estimate of drug-likeness (QED) is 0.623. The summed E-state index contributed by atoms with van der Waals surface area (Å²) in [6, 6.07) is 1.96. The fourth-order valence-electron chi connectivity index (χ4n) is 0.731. The van der Waals surface area contributed by atoms with Gasteiger partial charge in [0.15, 0.2) is 0 Å². The molecule has 0 amide bonds. The lowest BCUT2D eigenvalue weighted by molar-refractivity contribution is 0.940. The standard InChI is InChI=1S/C7H9ClS/c1-2-3-7-6(8)4-5-9-7/h4-5H,2-3H2,1H3. The molecule has 0 radical (unpaired) electrons. The van der Waals surface area contributed by atoms with Crippen LogP contribution in [0.5, 0.6) is 0 Å². The summed E-state index contributed by atoms with van der Waals surface area (Å²) in [5.41, 5.74) is 0. The van der Waals surface area contributed by atoms with Gasteiger partial charge in [0.25, 0.3) is 0 Å². The molecule has 0 aliphatic rings. The zero-order chi connectivity index (χ0) is 6.69. The lowest BCUT2D eigenvalue weighted by Gasteiger charge is -1.90. The number of hydrogen-bond donors (Lipinski definition) is 0. The van der Waals surface area contributed by atoms with Gasteiger partial charge in [-0.2, -0.15) is 0 Å². The van der Waals surface area contributed by atoms with Crippen molar-refractivity contribution in [1.29, 1.82) is 0 Å². The molecular formula is C7H9ClS. The van der Waals surface area contributed by atoms with E-state index in [0.29, 0.717) is 0 Å². The lowest BCUT2D eigenvalue weighted by Crippen LogP contribution is -1.74. The predicted octanol–water partition coefficient (Wildman–Crippen LogP) is 3.35. The van der Waals surface area contributed by atoms with Gasteiger partial charge >= 0.3 is 0 Å². The average Bonchev–Trinajstić information content (AvgIpc) is 2.18. The highest BCUT2D eigenvalue weighted by Gasteiger charge is 1.97. The van der Waals surface area contributed by atoms with Crippen molar-refractivity contribution < 1.29 is 0 Å². The Hall–Kier alpha value is -0.0100. The molecule has 1 aromatic heterocycles. The van der Waals surface area contributed by atoms with Crippen LogP contribution in [-0.2, 0) is 6.42 Å². The van der Waals surface area contributed by atoms with Crippen molar-refractivity contribution in [2.24, 2.45) is 0 Å². The summed E-state index contributed by atoms with van der Waals surface area (Å²) < 4.78 is 0. The smallest absolute Gasteiger partial charge is 0.0544 e. The van der Waals surface area contributed by atoms with Gasteiger partial charge in [0, 0.05) is 4.88 Å². The van der Waals surface area contributed by atoms with Crippen molar-refractivity contribution in [3.8, 4) is 0 Å². The summed E-state index contributed by atoms with van der Waals surface area (Å²) in [5.74, 6) is 0. The summed E-state index contributed by atoms with van der Waals surface area (Å²) >= 11 is 7.57. The number of rotatable bonds is 2. The van der Waals surface area contributed by atoms with E-state index in [1.165, 1.54) is 11.3 Å². The van der Waals surface area contributed by atoms with E-state index in [4.69, 9.17) is 11.6 Å². The van der Waals surface area contributed by atoms with Gasteiger partial charge in [-0.15, -0.1) is 11.3 Å². The second-order valence-electron chi connectivity index (χ2n) is 1.94. The number of aryl methyl sites for hydroxylation is 1. The van der Waals surface area contributed by atoms with Crippen molar-refractivity contribution in [3.05, 3.63) is 21.3 Å². The van der Waals surface area contributed by atoms with E-state index in [9.17, 15) is 0 Å². The van der Waals surface area contributed by atoms with Gasteiger partial charge in [-0.3, -0.25) is 0 Å². The van der Waals surface area contributed by atoms with Gasteiger partial charge < -0.3 is 0 Å². The van der Waals surface area contributed by atoms with E-state index in [1.807, 2.05) is 11.4 Å². The Labute approximate surface area is 64.5 Å². The van der Waals surface area contributed by atoms with Crippen LogP contribution in [0, 0.1) is 0 Å². The van der Waals surface area contributed by atoms with Crippen LogP contribution in [0.3, 0.4) is 0 Å². The summed E-state index contributed by atoms with van der Waals surface area (Å²) in [4.78, 5) is 1.32. The molecule has 0 unspecified atom stereocenters. The molecule has 1 rings (SSSR count). The molecule has 0 saturated carbocycles. The molecular weight excluding hydrogens is 152 g/mol. The highest BCUT2D eigenvalue weighted by atomic mass is 35.5. The molecule has 0 aliphatic heterocycles. The average molecular weight is 161 g/mol. The number of hydrogen-bond acceptors (Lipinski definition) is 1. The lowest BCUT2D eigenvalue weighted by atomic mass is 10.3. The summed E-state index contributed by atoms with van der Waals surface area (Å²) in [7, 11) is 0. The van der Waals surface area contributed by atoms with E-state index in [-0.39, 0.29) is 0 Å². The van der Waals surface area contributed by atoms with Crippen LogP contribution < -0.4 is 0 Å². The molecule has 0 spiro atoms. The van der Waals surface area contributed by atoms with Crippen LogP contribution in [0.4, 0.5) is 0 Å². The van der Waals surface area contributed by atoms with Gasteiger partial charge in [0.2, 0.25) is 0 Å². The summed E-state index contributed by atoms with van der Waals surface area (Å²) in [6.45, 7) is 2.16. The maximum absolute atomic E-state index is 5.83. The van der Waals surface area contributed by atoms with E-state index in [1.54, 1.807) is 11.3 Å². The van der Waals surface area contributed by atoms with Crippen LogP contribution in [0.2, 0.25) is 5.02 Å². The van der Waals surface area contributed by atoms with Gasteiger partial charge in [-0.25, -0.2) is 0 Å². The molecule has 9 heavy (non-hydrogen) atoms. The molecule has 2 heteroatoms. The molecule has 0 N–H and O–H groups in total. The summed E-state index contributed by atoms with van der Waals surface area (Å²) in [6.07, 6.45) is 2.30. The first-order chi connectivity index (χ1) is 4.34. The summed E-state index contributed by atoms with van der Waals surface area (Å²) in [5, 5.41) is 2.97. The second kappa shape index (κ2) is 3.23. The fourth-order valence-corrected chi connectivity index (χ4v) is 1.97. The van der Waals surface area contributed by atoms with E-state index in [0.717, 1.165) is 11.4 Å². The van der Waals surface area contributed by atoms with Crippen molar-refractivity contribution in [1.82, 2.24) is 0 Å². The second-order valence-corrected chi connectivity index (χ2v) is 3.35. The van der Waals surface area contributed by atoms with Crippen LogP contribution in [-0.4, -0.2) is 0 Å². The Morgan fingerprint density at radius 3 is 2.89 bits per heavy atom. The zero-order valence-electron chi connectivity index (χ0n) is 5.36. The molecule has 1 heterocycles. The molecule has 1 aromatic rings. The molecule has 0 nitrogen and oxygen atoms in total. The maximum atomic E-state index is 5.83. The molecule has 50 valence electrons. The Bertz CT molecular complexity index is 181. The van der Waals surface area contributed by atoms with Crippen molar-refractivity contribution in [2.75, 3.05) is 0 Å². The monoisotopic (exact) mass is 160 g/mol. The van der Waals surface area contributed by atoms with E-state index in [2.05, 4.69) is 6.92 Å². The van der Waals surface area contributed by atoms with Crippen LogP contribution >= 0.6 is 22.9 Å². The zero-order valence-corrected chi connectivity index (χ0v) is 6.93. The fraction of sp³-hybridized carbons (Fsp3) is 0.429. The van der Waals surface area contributed by atoms with Gasteiger partial charge in [0.1, 0.15) is 0 Å².